The maximum atomic E-state index is 12.4. The average molecular weight is 377 g/mol. The van der Waals surface area contributed by atoms with Gasteiger partial charge in [0.15, 0.2) is 5.82 Å². The number of nitrogens with one attached hydrogen (secondary N) is 1. The van der Waals surface area contributed by atoms with Crippen molar-refractivity contribution in [3.05, 3.63) is 47.5 Å². The van der Waals surface area contributed by atoms with Crippen LogP contribution in [0, 0.1) is 0 Å². The van der Waals surface area contributed by atoms with Gasteiger partial charge in [0.05, 0.1) is 18.8 Å². The molecule has 2 heterocycles. The van der Waals surface area contributed by atoms with E-state index in [1.165, 1.54) is 5.56 Å². The van der Waals surface area contributed by atoms with E-state index < -0.39 is 10.0 Å². The van der Waals surface area contributed by atoms with E-state index in [4.69, 9.17) is 0 Å². The molecule has 1 N–H and O–H groups in total. The van der Waals surface area contributed by atoms with Crippen LogP contribution in [0.5, 0.6) is 0 Å². The monoisotopic (exact) mass is 377 g/mol. The second-order valence-electron chi connectivity index (χ2n) is 6.60. The summed E-state index contributed by atoms with van der Waals surface area (Å²) < 4.78 is 26.6. The minimum Gasteiger partial charge on any atom is -0.333 e. The maximum Gasteiger partial charge on any atom is 0.224 e. The van der Waals surface area contributed by atoms with Gasteiger partial charge in [-0.25, -0.2) is 13.1 Å². The lowest BCUT2D eigenvalue weighted by molar-refractivity contribution is -0.133. The lowest BCUT2D eigenvalue weighted by atomic mass is 10.1. The third kappa shape index (κ3) is 4.47. The van der Waals surface area contributed by atoms with Crippen molar-refractivity contribution in [2.75, 3.05) is 19.3 Å². The summed E-state index contributed by atoms with van der Waals surface area (Å²) in [5, 5.41) is 8.58. The fraction of sp³-hybridized carbons (Fsp3) is 0.471. The van der Waals surface area contributed by atoms with Crippen LogP contribution in [0.3, 0.4) is 0 Å². The number of hydrogen-bond acceptors (Lipinski definition) is 5. The SMILES string of the molecule is C[C@H]1CN(C(=O)CCNS(C)(=O)=O)Cc2nnc(Cc3ccccc3)n21. The first kappa shape index (κ1) is 18.5. The zero-order valence-electron chi connectivity index (χ0n) is 14.9. The molecule has 0 saturated heterocycles. The van der Waals surface area contributed by atoms with E-state index >= 15 is 0 Å². The number of hydrogen-bond donors (Lipinski definition) is 1. The fourth-order valence-corrected chi connectivity index (χ4v) is 3.68. The van der Waals surface area contributed by atoms with Gasteiger partial charge in [0, 0.05) is 25.9 Å². The summed E-state index contributed by atoms with van der Waals surface area (Å²) >= 11 is 0. The van der Waals surface area contributed by atoms with Crippen molar-refractivity contribution in [1.82, 2.24) is 24.4 Å². The minimum absolute atomic E-state index is 0.0688. The Labute approximate surface area is 153 Å². The van der Waals surface area contributed by atoms with Gasteiger partial charge < -0.3 is 9.47 Å². The number of aromatic nitrogens is 3. The molecule has 0 spiro atoms. The smallest absolute Gasteiger partial charge is 0.224 e. The molecule has 0 radical (unpaired) electrons. The standard InChI is InChI=1S/C17H23N5O3S/c1-13-11-21(17(23)8-9-18-26(2,24)25)12-16-20-19-15(22(13)16)10-14-6-4-3-5-7-14/h3-7,13,18H,8-12H2,1-2H3/t13-/m0/s1. The minimum atomic E-state index is -3.28. The number of benzene rings is 1. The highest BCUT2D eigenvalue weighted by Gasteiger charge is 2.28. The van der Waals surface area contributed by atoms with Gasteiger partial charge in [-0.05, 0) is 12.5 Å². The lowest BCUT2D eigenvalue weighted by Crippen LogP contribution is -2.42. The molecule has 1 aromatic carbocycles. The second-order valence-corrected chi connectivity index (χ2v) is 8.44. The highest BCUT2D eigenvalue weighted by atomic mass is 32.2. The zero-order valence-corrected chi connectivity index (χ0v) is 15.7. The summed E-state index contributed by atoms with van der Waals surface area (Å²) in [4.78, 5) is 14.1. The van der Waals surface area contributed by atoms with Crippen LogP contribution in [-0.4, -0.2) is 53.3 Å². The Balaban J connectivity index is 1.67. The summed E-state index contributed by atoms with van der Waals surface area (Å²) in [5.41, 5.74) is 1.17. The molecule has 1 atom stereocenters. The van der Waals surface area contributed by atoms with Crippen molar-refractivity contribution >= 4 is 15.9 Å². The van der Waals surface area contributed by atoms with Crippen LogP contribution in [-0.2, 0) is 27.8 Å². The summed E-state index contributed by atoms with van der Waals surface area (Å²) in [6.07, 6.45) is 1.91. The molecule has 0 saturated carbocycles. The molecule has 3 rings (SSSR count). The lowest BCUT2D eigenvalue weighted by Gasteiger charge is -2.32. The second kappa shape index (κ2) is 7.55. The van der Waals surface area contributed by atoms with Crippen LogP contribution < -0.4 is 4.72 Å². The van der Waals surface area contributed by atoms with Gasteiger partial charge in [-0.3, -0.25) is 4.79 Å². The Morgan fingerprint density at radius 3 is 2.69 bits per heavy atom. The maximum absolute atomic E-state index is 12.4. The molecule has 9 heteroatoms. The summed E-state index contributed by atoms with van der Waals surface area (Å²) in [5.74, 6) is 1.57. The molecule has 8 nitrogen and oxygen atoms in total. The molecule has 0 bridgehead atoms. The number of carbonyl (C=O) groups is 1. The van der Waals surface area contributed by atoms with Gasteiger partial charge in [0.2, 0.25) is 15.9 Å². The van der Waals surface area contributed by atoms with Crippen molar-refractivity contribution in [2.45, 2.75) is 32.4 Å². The van der Waals surface area contributed by atoms with Crippen molar-refractivity contribution in [3.63, 3.8) is 0 Å². The average Bonchev–Trinajstić information content (AvgIpc) is 2.98. The van der Waals surface area contributed by atoms with Gasteiger partial charge in [-0.15, -0.1) is 10.2 Å². The molecule has 1 aliphatic rings. The van der Waals surface area contributed by atoms with E-state index in [1.807, 2.05) is 25.1 Å². The normalized spacial score (nSPS) is 17.2. The molecule has 0 fully saturated rings. The number of amides is 1. The predicted molar refractivity (Wildman–Crippen MR) is 96.9 cm³/mol. The van der Waals surface area contributed by atoms with Gasteiger partial charge in [-0.2, -0.15) is 0 Å². The Hall–Kier alpha value is -2.26. The zero-order chi connectivity index (χ0) is 18.7. The number of sulfonamides is 1. The number of nitrogens with zero attached hydrogens (tertiary/aromatic N) is 4. The fourth-order valence-electron chi connectivity index (χ4n) is 3.20. The molecule has 1 aromatic heterocycles. The van der Waals surface area contributed by atoms with E-state index in [2.05, 4.69) is 31.6 Å². The Kier molecular flexibility index (Phi) is 5.38. The van der Waals surface area contributed by atoms with E-state index in [-0.39, 0.29) is 24.9 Å². The van der Waals surface area contributed by atoms with Gasteiger partial charge >= 0.3 is 0 Å². The van der Waals surface area contributed by atoms with Gasteiger partial charge in [0.25, 0.3) is 0 Å². The van der Waals surface area contributed by atoms with Crippen LogP contribution in [0.25, 0.3) is 0 Å². The van der Waals surface area contributed by atoms with Crippen LogP contribution in [0.2, 0.25) is 0 Å². The highest BCUT2D eigenvalue weighted by Crippen LogP contribution is 2.23. The van der Waals surface area contributed by atoms with Crippen molar-refractivity contribution in [3.8, 4) is 0 Å². The van der Waals surface area contributed by atoms with Crippen molar-refractivity contribution in [2.24, 2.45) is 0 Å². The Bertz CT molecular complexity index is 879. The molecule has 26 heavy (non-hydrogen) atoms. The molecule has 140 valence electrons. The molecule has 2 aromatic rings. The molecule has 1 aliphatic heterocycles. The van der Waals surface area contributed by atoms with Crippen molar-refractivity contribution in [1.29, 1.82) is 0 Å². The first-order valence-corrected chi connectivity index (χ1v) is 10.4. The molecule has 0 unspecified atom stereocenters. The highest BCUT2D eigenvalue weighted by molar-refractivity contribution is 7.88. The van der Waals surface area contributed by atoms with Crippen molar-refractivity contribution < 1.29 is 13.2 Å². The third-order valence-electron chi connectivity index (χ3n) is 4.36. The summed E-state index contributed by atoms with van der Waals surface area (Å²) in [6, 6.07) is 10.2. The quantitative estimate of drug-likeness (QED) is 0.800. The third-order valence-corrected chi connectivity index (χ3v) is 5.08. The number of rotatable bonds is 6. The predicted octanol–water partition coefficient (Wildman–Crippen LogP) is 0.711. The molecule has 1 amide bonds. The number of fused-ring (bicyclic) bond motifs is 1. The summed E-state index contributed by atoms with van der Waals surface area (Å²) in [6.45, 7) is 3.10. The first-order chi connectivity index (χ1) is 12.3. The topological polar surface area (TPSA) is 97.2 Å². The van der Waals surface area contributed by atoms with E-state index in [0.717, 1.165) is 17.9 Å². The molecule has 0 aliphatic carbocycles. The summed E-state index contributed by atoms with van der Waals surface area (Å²) in [7, 11) is -3.28. The Morgan fingerprint density at radius 1 is 1.27 bits per heavy atom. The van der Waals surface area contributed by atoms with Crippen LogP contribution in [0.4, 0.5) is 0 Å². The van der Waals surface area contributed by atoms with Crippen LogP contribution in [0.15, 0.2) is 30.3 Å². The van der Waals surface area contributed by atoms with E-state index in [0.29, 0.717) is 19.5 Å². The molecular formula is C17H23N5O3S. The van der Waals surface area contributed by atoms with Gasteiger partial charge in [-0.1, -0.05) is 30.3 Å². The van der Waals surface area contributed by atoms with Crippen LogP contribution in [0.1, 0.15) is 36.6 Å². The first-order valence-electron chi connectivity index (χ1n) is 8.52. The molecular weight excluding hydrogens is 354 g/mol. The van der Waals surface area contributed by atoms with Crippen LogP contribution >= 0.6 is 0 Å². The van der Waals surface area contributed by atoms with E-state index in [1.54, 1.807) is 4.90 Å². The Morgan fingerprint density at radius 2 is 2.00 bits per heavy atom. The van der Waals surface area contributed by atoms with E-state index in [9.17, 15) is 13.2 Å². The van der Waals surface area contributed by atoms with Gasteiger partial charge in [0.1, 0.15) is 5.82 Å². The number of carbonyl (C=O) groups excluding carboxylic acids is 1. The largest absolute Gasteiger partial charge is 0.333 e.